The van der Waals surface area contributed by atoms with Gasteiger partial charge in [0.15, 0.2) is 0 Å². The lowest BCUT2D eigenvalue weighted by Crippen LogP contribution is -2.33. The second-order valence-electron chi connectivity index (χ2n) is 2.55. The Balaban J connectivity index is 2.02. The molecule has 0 saturated carbocycles. The van der Waals surface area contributed by atoms with Crippen molar-refractivity contribution in [1.82, 2.24) is 5.32 Å². The van der Waals surface area contributed by atoms with Crippen LogP contribution in [0.15, 0.2) is 0 Å². The van der Waals surface area contributed by atoms with Gasteiger partial charge in [-0.3, -0.25) is 0 Å². The molecule has 1 saturated heterocycles. The molecule has 10 heavy (non-hydrogen) atoms. The molecule has 1 N–H and O–H groups in total. The minimum Gasteiger partial charge on any atom is -0.313 e. The van der Waals surface area contributed by atoms with Gasteiger partial charge in [-0.1, -0.05) is 28.5 Å². The van der Waals surface area contributed by atoms with Crippen molar-refractivity contribution >= 4 is 21.6 Å². The maximum absolute atomic E-state index is 3.54. The zero-order chi connectivity index (χ0) is 7.23. The summed E-state index contributed by atoms with van der Waals surface area (Å²) in [6.07, 6.45) is 2.62. The maximum atomic E-state index is 3.54. The van der Waals surface area contributed by atoms with Crippen LogP contribution in [-0.4, -0.2) is 24.1 Å². The Morgan fingerprint density at radius 2 is 2.40 bits per heavy atom. The molecule has 0 aliphatic carbocycles. The molecule has 0 radical (unpaired) electrons. The first-order chi connectivity index (χ1) is 4.93. The van der Waals surface area contributed by atoms with Crippen LogP contribution in [0.3, 0.4) is 0 Å². The summed E-state index contributed by atoms with van der Waals surface area (Å²) in [5.74, 6) is 2.62. The smallest absolute Gasteiger partial charge is 0.0191 e. The van der Waals surface area contributed by atoms with Gasteiger partial charge in [0.1, 0.15) is 0 Å². The van der Waals surface area contributed by atoms with E-state index >= 15 is 0 Å². The Labute approximate surface area is 71.1 Å². The van der Waals surface area contributed by atoms with E-state index in [1.807, 2.05) is 21.6 Å². The van der Waals surface area contributed by atoms with Crippen LogP contribution in [0.2, 0.25) is 0 Å². The Kier molecular flexibility index (Phi) is 4.66. The highest BCUT2D eigenvalue weighted by Crippen LogP contribution is 2.28. The number of hydrogen-bond donors (Lipinski definition) is 1. The molecule has 0 bridgehead atoms. The van der Waals surface area contributed by atoms with Crippen molar-refractivity contribution in [3.63, 3.8) is 0 Å². The third-order valence-corrected chi connectivity index (χ3v) is 4.10. The molecule has 1 heterocycles. The van der Waals surface area contributed by atoms with Gasteiger partial charge in [0, 0.05) is 17.5 Å². The SMILES string of the molecule is CCCN[C@H]1CCSSC1. The summed E-state index contributed by atoms with van der Waals surface area (Å²) >= 11 is 0. The van der Waals surface area contributed by atoms with Gasteiger partial charge < -0.3 is 5.32 Å². The molecule has 3 heteroatoms. The molecule has 0 spiro atoms. The van der Waals surface area contributed by atoms with Crippen LogP contribution in [-0.2, 0) is 0 Å². The van der Waals surface area contributed by atoms with Crippen molar-refractivity contribution in [3.05, 3.63) is 0 Å². The summed E-state index contributed by atoms with van der Waals surface area (Å²) in [5, 5.41) is 3.54. The van der Waals surface area contributed by atoms with E-state index in [2.05, 4.69) is 12.2 Å². The number of rotatable bonds is 3. The van der Waals surface area contributed by atoms with Crippen LogP contribution in [0.4, 0.5) is 0 Å². The fraction of sp³-hybridized carbons (Fsp3) is 1.00. The van der Waals surface area contributed by atoms with E-state index in [1.165, 1.54) is 30.9 Å². The molecule has 1 aliphatic heterocycles. The minimum absolute atomic E-state index is 0.797. The molecule has 1 rings (SSSR count). The van der Waals surface area contributed by atoms with Gasteiger partial charge in [-0.25, -0.2) is 0 Å². The molecule has 1 aliphatic rings. The maximum Gasteiger partial charge on any atom is 0.0191 e. The Bertz CT molecular complexity index is 81.7. The largest absolute Gasteiger partial charge is 0.313 e. The van der Waals surface area contributed by atoms with Gasteiger partial charge >= 0.3 is 0 Å². The second kappa shape index (κ2) is 5.33. The van der Waals surface area contributed by atoms with E-state index in [0.29, 0.717) is 0 Å². The second-order valence-corrected chi connectivity index (χ2v) is 5.17. The van der Waals surface area contributed by atoms with Crippen LogP contribution in [0.1, 0.15) is 19.8 Å². The molecule has 0 amide bonds. The molecular formula is C7H15NS2. The number of nitrogens with one attached hydrogen (secondary N) is 1. The van der Waals surface area contributed by atoms with Crippen molar-refractivity contribution < 1.29 is 0 Å². The van der Waals surface area contributed by atoms with Gasteiger partial charge in [0.05, 0.1) is 0 Å². The Morgan fingerprint density at radius 1 is 1.50 bits per heavy atom. The van der Waals surface area contributed by atoms with E-state index in [4.69, 9.17) is 0 Å². The topological polar surface area (TPSA) is 12.0 Å². The van der Waals surface area contributed by atoms with Gasteiger partial charge in [0.2, 0.25) is 0 Å². The normalized spacial score (nSPS) is 26.7. The lowest BCUT2D eigenvalue weighted by Gasteiger charge is -2.21. The third kappa shape index (κ3) is 3.17. The van der Waals surface area contributed by atoms with E-state index in [-0.39, 0.29) is 0 Å². The highest BCUT2D eigenvalue weighted by atomic mass is 33.1. The molecule has 0 aromatic carbocycles. The van der Waals surface area contributed by atoms with Crippen LogP contribution in [0.25, 0.3) is 0 Å². The first kappa shape index (κ1) is 8.75. The summed E-state index contributed by atoms with van der Waals surface area (Å²) in [5.41, 5.74) is 0. The molecule has 1 fully saturated rings. The van der Waals surface area contributed by atoms with Crippen LogP contribution in [0, 0.1) is 0 Å². The van der Waals surface area contributed by atoms with Crippen LogP contribution >= 0.6 is 21.6 Å². The average Bonchev–Trinajstić information content (AvgIpc) is 2.03. The van der Waals surface area contributed by atoms with E-state index in [0.717, 1.165) is 6.04 Å². The summed E-state index contributed by atoms with van der Waals surface area (Å²) in [4.78, 5) is 0. The highest BCUT2D eigenvalue weighted by molar-refractivity contribution is 8.76. The zero-order valence-corrected chi connectivity index (χ0v) is 8.06. The lowest BCUT2D eigenvalue weighted by molar-refractivity contribution is 0.542. The van der Waals surface area contributed by atoms with Crippen molar-refractivity contribution in [3.8, 4) is 0 Å². The molecule has 1 atom stereocenters. The minimum atomic E-state index is 0.797. The Hall–Kier alpha value is 0.660. The summed E-state index contributed by atoms with van der Waals surface area (Å²) < 4.78 is 0. The summed E-state index contributed by atoms with van der Waals surface area (Å²) in [7, 11) is 4.02. The zero-order valence-electron chi connectivity index (χ0n) is 6.43. The quantitative estimate of drug-likeness (QED) is 0.663. The summed E-state index contributed by atoms with van der Waals surface area (Å²) in [6, 6.07) is 0.797. The first-order valence-electron chi connectivity index (χ1n) is 3.91. The highest BCUT2D eigenvalue weighted by Gasteiger charge is 2.11. The van der Waals surface area contributed by atoms with Crippen molar-refractivity contribution in [1.29, 1.82) is 0 Å². The molecule has 0 aromatic rings. The monoisotopic (exact) mass is 177 g/mol. The van der Waals surface area contributed by atoms with Crippen LogP contribution < -0.4 is 5.32 Å². The van der Waals surface area contributed by atoms with E-state index in [1.54, 1.807) is 0 Å². The van der Waals surface area contributed by atoms with E-state index < -0.39 is 0 Å². The first-order valence-corrected chi connectivity index (χ1v) is 6.40. The van der Waals surface area contributed by atoms with Gasteiger partial charge in [-0.05, 0) is 19.4 Å². The molecule has 1 nitrogen and oxygen atoms in total. The third-order valence-electron chi connectivity index (χ3n) is 1.59. The lowest BCUT2D eigenvalue weighted by atomic mass is 10.2. The van der Waals surface area contributed by atoms with Gasteiger partial charge in [0.25, 0.3) is 0 Å². The van der Waals surface area contributed by atoms with Crippen molar-refractivity contribution in [2.45, 2.75) is 25.8 Å². The standard InChI is InChI=1S/C7H15NS2/c1-2-4-8-7-3-5-9-10-6-7/h7-8H,2-6H2,1H3/t7-/m0/s1. The molecule has 0 aromatic heterocycles. The summed E-state index contributed by atoms with van der Waals surface area (Å²) in [6.45, 7) is 3.41. The molecular weight excluding hydrogens is 162 g/mol. The predicted octanol–water partition coefficient (Wildman–Crippen LogP) is 2.14. The van der Waals surface area contributed by atoms with E-state index in [9.17, 15) is 0 Å². The predicted molar refractivity (Wildman–Crippen MR) is 51.6 cm³/mol. The van der Waals surface area contributed by atoms with Crippen LogP contribution in [0.5, 0.6) is 0 Å². The average molecular weight is 177 g/mol. The van der Waals surface area contributed by atoms with Crippen molar-refractivity contribution in [2.24, 2.45) is 0 Å². The molecule has 0 unspecified atom stereocenters. The fourth-order valence-electron chi connectivity index (χ4n) is 0.972. The van der Waals surface area contributed by atoms with Gasteiger partial charge in [-0.15, -0.1) is 0 Å². The number of hydrogen-bond acceptors (Lipinski definition) is 3. The van der Waals surface area contributed by atoms with Gasteiger partial charge in [-0.2, -0.15) is 0 Å². The fourth-order valence-corrected chi connectivity index (χ4v) is 3.44. The Morgan fingerprint density at radius 3 is 3.00 bits per heavy atom. The molecule has 60 valence electrons. The van der Waals surface area contributed by atoms with Crippen molar-refractivity contribution in [2.75, 3.05) is 18.1 Å².